The Morgan fingerprint density at radius 3 is 1.10 bits per heavy atom. The van der Waals surface area contributed by atoms with Crippen LogP contribution in [0.25, 0.3) is 0 Å². The molecule has 0 bridgehead atoms. The molecular formula is C45H40BF24NO6. The summed E-state index contributed by atoms with van der Waals surface area (Å²) in [5.74, 6) is -7.44. The predicted octanol–water partition coefficient (Wildman–Crippen LogP) is 15.3. The van der Waals surface area contributed by atoms with E-state index >= 15 is 13.2 Å². The molecule has 4 aromatic rings. The molecule has 4 rings (SSSR count). The molecule has 432 valence electrons. The van der Waals surface area contributed by atoms with Crippen LogP contribution in [0.15, 0.2) is 66.7 Å². The van der Waals surface area contributed by atoms with Gasteiger partial charge in [-0.3, -0.25) is 0 Å². The molecule has 32 heteroatoms. The number of unbranched alkanes of at least 4 members (excludes halogenated alkanes) is 1. The summed E-state index contributed by atoms with van der Waals surface area (Å²) >= 11 is 0. The molecule has 0 saturated carbocycles. The molecule has 77 heavy (non-hydrogen) atoms. The second kappa shape index (κ2) is 24.7. The third-order valence-corrected chi connectivity index (χ3v) is 10.2. The second-order valence-electron chi connectivity index (χ2n) is 15.7. The number of rotatable bonds is 18. The number of ether oxygens (including phenoxy) is 3. The lowest BCUT2D eigenvalue weighted by atomic mass is 10.0. The normalized spacial score (nSPS) is 14.1. The van der Waals surface area contributed by atoms with E-state index < -0.39 is 173 Å². The van der Waals surface area contributed by atoms with Crippen molar-refractivity contribution < 1.29 is 138 Å². The summed E-state index contributed by atoms with van der Waals surface area (Å²) in [6, 6.07) is 0.571. The van der Waals surface area contributed by atoms with Crippen LogP contribution < -0.4 is 18.9 Å². The molecule has 1 N–H and O–H groups in total. The fourth-order valence-corrected chi connectivity index (χ4v) is 6.90. The first kappa shape index (κ1) is 65.8. The summed E-state index contributed by atoms with van der Waals surface area (Å²) in [4.78, 5) is -0.680. The summed E-state index contributed by atoms with van der Waals surface area (Å²) in [7, 11) is -3.40. The van der Waals surface area contributed by atoms with Gasteiger partial charge in [0.15, 0.2) is 17.5 Å². The molecule has 2 atom stereocenters. The van der Waals surface area contributed by atoms with Crippen LogP contribution >= 0.6 is 0 Å². The highest BCUT2D eigenvalue weighted by molar-refractivity contribution is 6.39. The summed E-state index contributed by atoms with van der Waals surface area (Å²) < 4.78 is 360. The lowest BCUT2D eigenvalue weighted by molar-refractivity contribution is -0.961. The molecule has 0 heterocycles. The summed E-state index contributed by atoms with van der Waals surface area (Å²) in [5.41, 5.74) is -17.0. The highest BCUT2D eigenvalue weighted by atomic mass is 19.4. The van der Waals surface area contributed by atoms with Gasteiger partial charge in [-0.1, -0.05) is 24.5 Å². The van der Waals surface area contributed by atoms with Crippen molar-refractivity contribution in [2.24, 2.45) is 0 Å². The maximum absolute atomic E-state index is 15.2. The van der Waals surface area contributed by atoms with E-state index in [1.54, 1.807) is 6.07 Å². The highest BCUT2D eigenvalue weighted by Crippen LogP contribution is 2.46. The van der Waals surface area contributed by atoms with Crippen molar-refractivity contribution >= 4 is 13.0 Å². The van der Waals surface area contributed by atoms with Gasteiger partial charge in [0.1, 0.15) is 17.1 Å². The maximum Gasteiger partial charge on any atom is 0.864 e. The molecule has 0 aliphatic rings. The lowest BCUT2D eigenvalue weighted by Gasteiger charge is -2.43. The lowest BCUT2D eigenvalue weighted by Crippen LogP contribution is -3.19. The van der Waals surface area contributed by atoms with Crippen molar-refractivity contribution in [1.29, 1.82) is 0 Å². The smallest absolute Gasteiger partial charge is 0.490 e. The standard InChI is InChI=1S/C37H36BF18NO6.C8H3F6/c1-6-10-11-57(37(59-8-3,60-9-4)20(5)58-7-2)30-28(36(54,55)56)18-25(35(51,52)53)19-29(30)63-38(61-26-14-21(31(39,40)41)12-22(15-26)32(42,43)44)62-27-16-23(33(45,46)47)13-24(17-27)34(48,49)50;9-7(10,11)5-2-1-3-6(4-5)8(12,13)14/h12-20H,6-11H2,1-5H3;2-4H/q;-1/p+1. The van der Waals surface area contributed by atoms with Crippen LogP contribution in [-0.2, 0) is 63.6 Å². The first-order valence-electron chi connectivity index (χ1n) is 21.8. The van der Waals surface area contributed by atoms with Gasteiger partial charge in [0.25, 0.3) is 0 Å². The Kier molecular flexibility index (Phi) is 21.1. The minimum atomic E-state index is -5.81. The monoisotopic (exact) mass is 1160 g/mol. The zero-order valence-corrected chi connectivity index (χ0v) is 39.8. The van der Waals surface area contributed by atoms with Crippen molar-refractivity contribution in [3.05, 3.63) is 117 Å². The third kappa shape index (κ3) is 18.0. The van der Waals surface area contributed by atoms with Crippen LogP contribution in [0.2, 0.25) is 0 Å². The summed E-state index contributed by atoms with van der Waals surface area (Å²) in [6.45, 7) is 5.35. The van der Waals surface area contributed by atoms with Gasteiger partial charge >= 0.3 is 62.6 Å². The van der Waals surface area contributed by atoms with Gasteiger partial charge < -0.3 is 28.2 Å². The Balaban J connectivity index is 0.000000961. The van der Waals surface area contributed by atoms with E-state index in [2.05, 4.69) is 0 Å². The van der Waals surface area contributed by atoms with E-state index in [4.69, 9.17) is 28.2 Å². The zero-order chi connectivity index (χ0) is 59.1. The molecular weight excluding hydrogens is 1120 g/mol. The molecule has 0 saturated heterocycles. The number of benzene rings is 4. The van der Waals surface area contributed by atoms with Crippen molar-refractivity contribution in [2.45, 2.75) is 109 Å². The Bertz CT molecular complexity index is 2370. The number of alkyl halides is 24. The van der Waals surface area contributed by atoms with Crippen molar-refractivity contribution in [3.63, 3.8) is 0 Å². The number of quaternary nitrogens is 1. The third-order valence-electron chi connectivity index (χ3n) is 10.2. The van der Waals surface area contributed by atoms with Gasteiger partial charge in [-0.05, 0) is 82.6 Å². The van der Waals surface area contributed by atoms with E-state index in [-0.39, 0.29) is 61.9 Å². The van der Waals surface area contributed by atoms with Crippen LogP contribution in [-0.4, -0.2) is 45.7 Å². The van der Waals surface area contributed by atoms with Gasteiger partial charge in [0, 0.05) is 6.61 Å². The van der Waals surface area contributed by atoms with Gasteiger partial charge in [0.2, 0.25) is 0 Å². The van der Waals surface area contributed by atoms with Crippen molar-refractivity contribution in [3.8, 4) is 17.2 Å². The first-order chi connectivity index (χ1) is 34.9. The number of halogens is 24. The SMILES string of the molecule is CCCC[NH+](c1c(OB(Oc2cc(C(F)(F)F)cc(C(F)(F)F)c2)Oc2cc(C(F)(F)F)cc(C(F)(F)F)c2)cc(C(F)(F)F)cc1C(F)(F)F)C(OCC)(OCC)C(C)OCC.FC(F)(F)c1c[c-]cc(C(F)(F)F)c1. The molecule has 0 spiro atoms. The topological polar surface area (TPSA) is 59.8 Å². The van der Waals surface area contributed by atoms with Crippen molar-refractivity contribution in [2.75, 3.05) is 26.4 Å². The van der Waals surface area contributed by atoms with Gasteiger partial charge in [-0.2, -0.15) is 124 Å². The number of hydrogen-bond acceptors (Lipinski definition) is 6. The fraction of sp³-hybridized carbons (Fsp3) is 0.467. The van der Waals surface area contributed by atoms with E-state index in [9.17, 15) is 92.2 Å². The van der Waals surface area contributed by atoms with Crippen molar-refractivity contribution in [1.82, 2.24) is 0 Å². The predicted molar refractivity (Wildman–Crippen MR) is 220 cm³/mol. The van der Waals surface area contributed by atoms with E-state index in [0.29, 0.717) is 12.1 Å². The molecule has 4 aromatic carbocycles. The summed E-state index contributed by atoms with van der Waals surface area (Å²) in [5, 5.41) is 0. The molecule has 0 aliphatic carbocycles. The largest absolute Gasteiger partial charge is 0.864 e. The first-order valence-corrected chi connectivity index (χ1v) is 21.8. The van der Waals surface area contributed by atoms with Gasteiger partial charge in [-0.15, -0.1) is 6.07 Å². The van der Waals surface area contributed by atoms with Crippen LogP contribution in [0.3, 0.4) is 0 Å². The Morgan fingerprint density at radius 1 is 0.442 bits per heavy atom. The maximum atomic E-state index is 15.2. The minimum absolute atomic E-state index is 0.0521. The average Bonchev–Trinajstić information content (AvgIpc) is 3.27. The highest BCUT2D eigenvalue weighted by Gasteiger charge is 2.56. The number of nitrogens with one attached hydrogen (secondary N) is 1. The van der Waals surface area contributed by atoms with E-state index in [1.807, 2.05) is 0 Å². The molecule has 0 amide bonds. The molecule has 0 radical (unpaired) electrons. The van der Waals surface area contributed by atoms with E-state index in [1.165, 1.54) is 34.6 Å². The second-order valence-corrected chi connectivity index (χ2v) is 15.7. The minimum Gasteiger partial charge on any atom is -0.490 e. The molecule has 0 aromatic heterocycles. The van der Waals surface area contributed by atoms with Crippen LogP contribution in [0.4, 0.5) is 111 Å². The Labute approximate surface area is 421 Å². The average molecular weight is 1160 g/mol. The molecule has 0 fully saturated rings. The van der Waals surface area contributed by atoms with Crippen LogP contribution in [0.1, 0.15) is 92.0 Å². The van der Waals surface area contributed by atoms with Gasteiger partial charge in [0.05, 0.1) is 47.6 Å². The Morgan fingerprint density at radius 2 is 0.792 bits per heavy atom. The van der Waals surface area contributed by atoms with Crippen LogP contribution in [0, 0.1) is 6.07 Å². The molecule has 0 aliphatic heterocycles. The van der Waals surface area contributed by atoms with Gasteiger partial charge in [-0.25, -0.2) is 4.90 Å². The summed E-state index contributed by atoms with van der Waals surface area (Å²) in [6.07, 6.45) is -45.0. The quantitative estimate of drug-likeness (QED) is 0.0464. The van der Waals surface area contributed by atoms with Crippen LogP contribution in [0.5, 0.6) is 17.2 Å². The molecule has 2 unspecified atom stereocenters. The zero-order valence-electron chi connectivity index (χ0n) is 39.8. The molecule has 7 nitrogen and oxygen atoms in total. The Hall–Kier alpha value is -5.50. The fourth-order valence-electron chi connectivity index (χ4n) is 6.90. The number of hydrogen-bond donors (Lipinski definition) is 1. The van der Waals surface area contributed by atoms with E-state index in [0.717, 1.165) is 0 Å².